The van der Waals surface area contributed by atoms with Crippen molar-refractivity contribution in [3.63, 3.8) is 0 Å². The highest BCUT2D eigenvalue weighted by atomic mass is 35.5. The summed E-state index contributed by atoms with van der Waals surface area (Å²) in [4.78, 5) is 39.8. The Balaban J connectivity index is 1.32. The number of carbonyl (C=O) groups is 3. The lowest BCUT2D eigenvalue weighted by molar-refractivity contribution is -0.122. The Bertz CT molecular complexity index is 1680. The minimum absolute atomic E-state index is 0.196. The summed E-state index contributed by atoms with van der Waals surface area (Å²) >= 11 is 5.93. The smallest absolute Gasteiger partial charge is 0.335 e. The highest BCUT2D eigenvalue weighted by Crippen LogP contribution is 2.31. The summed E-state index contributed by atoms with van der Waals surface area (Å²) in [5.74, 6) is 0.00665. The summed E-state index contributed by atoms with van der Waals surface area (Å²) < 4.78 is 17.6. The highest BCUT2D eigenvalue weighted by Gasteiger charge is 2.36. The van der Waals surface area contributed by atoms with E-state index in [9.17, 15) is 14.4 Å². The van der Waals surface area contributed by atoms with Gasteiger partial charge in [0.05, 0.1) is 12.3 Å². The van der Waals surface area contributed by atoms with Gasteiger partial charge >= 0.3 is 6.03 Å². The van der Waals surface area contributed by atoms with Crippen LogP contribution in [0.4, 0.5) is 10.5 Å². The molecule has 0 atom stereocenters. The first kappa shape index (κ1) is 29.4. The minimum Gasteiger partial charge on any atom is -0.490 e. The van der Waals surface area contributed by atoms with Crippen LogP contribution in [0.15, 0.2) is 96.6 Å². The number of urea groups is 1. The molecule has 1 saturated heterocycles. The van der Waals surface area contributed by atoms with Crippen molar-refractivity contribution < 1.29 is 28.6 Å². The molecule has 9 heteroatoms. The Labute approximate surface area is 254 Å². The van der Waals surface area contributed by atoms with E-state index < -0.39 is 17.8 Å². The number of barbiturate groups is 1. The van der Waals surface area contributed by atoms with Crippen molar-refractivity contribution in [2.75, 3.05) is 11.5 Å². The van der Waals surface area contributed by atoms with Crippen molar-refractivity contribution in [3.05, 3.63) is 124 Å². The Morgan fingerprint density at radius 3 is 2.26 bits per heavy atom. The fourth-order valence-corrected chi connectivity index (χ4v) is 4.59. The summed E-state index contributed by atoms with van der Waals surface area (Å²) in [5, 5.41) is 2.89. The van der Waals surface area contributed by atoms with Crippen LogP contribution < -0.4 is 24.4 Å². The number of aryl methyl sites for hydroxylation is 1. The average Bonchev–Trinajstić information content (AvgIpc) is 2.99. The number of nitrogens with one attached hydrogen (secondary N) is 1. The van der Waals surface area contributed by atoms with Crippen LogP contribution in [-0.2, 0) is 22.8 Å². The van der Waals surface area contributed by atoms with Crippen molar-refractivity contribution in [3.8, 4) is 17.2 Å². The number of carbonyl (C=O) groups excluding carboxylic acids is 3. The Morgan fingerprint density at radius 2 is 1.53 bits per heavy atom. The summed E-state index contributed by atoms with van der Waals surface area (Å²) in [6.45, 7) is 4.93. The molecule has 1 aliphatic heterocycles. The first-order valence-corrected chi connectivity index (χ1v) is 14.0. The third kappa shape index (κ3) is 7.23. The molecule has 0 aliphatic carbocycles. The van der Waals surface area contributed by atoms with E-state index >= 15 is 0 Å². The summed E-state index contributed by atoms with van der Waals surface area (Å²) in [5.41, 5.74) is 3.71. The van der Waals surface area contributed by atoms with Gasteiger partial charge in [-0.3, -0.25) is 14.9 Å². The number of anilines is 1. The maximum absolute atomic E-state index is 13.4. The van der Waals surface area contributed by atoms with E-state index in [1.54, 1.807) is 54.6 Å². The lowest BCUT2D eigenvalue weighted by Crippen LogP contribution is -2.54. The largest absolute Gasteiger partial charge is 0.490 e. The molecule has 8 nitrogen and oxygen atoms in total. The lowest BCUT2D eigenvalue weighted by Gasteiger charge is -2.26. The number of benzene rings is 4. The van der Waals surface area contributed by atoms with Crippen LogP contribution in [0.5, 0.6) is 17.2 Å². The van der Waals surface area contributed by atoms with Gasteiger partial charge in [-0.1, -0.05) is 59.6 Å². The number of ether oxygens (including phenoxy) is 3. The molecular formula is C34H29ClN2O6. The SMILES string of the molecule is CCOc1cc(/C=C2\C(=O)NC(=O)N(c3ccc(OCc4ccc(Cl)cc4)cc3)C2=O)ccc1OCc1cccc(C)c1. The maximum Gasteiger partial charge on any atom is 0.335 e. The van der Waals surface area contributed by atoms with Crippen molar-refractivity contribution in [1.82, 2.24) is 5.32 Å². The number of nitrogens with zero attached hydrogens (tertiary/aromatic N) is 1. The molecule has 1 heterocycles. The molecule has 4 aromatic rings. The number of halogens is 1. The quantitative estimate of drug-likeness (QED) is 0.159. The molecular weight excluding hydrogens is 568 g/mol. The van der Waals surface area contributed by atoms with Crippen LogP contribution in [0.2, 0.25) is 5.02 Å². The summed E-state index contributed by atoms with van der Waals surface area (Å²) in [6.07, 6.45) is 1.42. The molecule has 1 aliphatic rings. The fourth-order valence-electron chi connectivity index (χ4n) is 4.46. The van der Waals surface area contributed by atoms with Crippen molar-refractivity contribution in [2.24, 2.45) is 0 Å². The second kappa shape index (κ2) is 13.3. The van der Waals surface area contributed by atoms with Gasteiger partial charge in [0.15, 0.2) is 11.5 Å². The molecule has 4 amide bonds. The second-order valence-electron chi connectivity index (χ2n) is 9.78. The third-order valence-electron chi connectivity index (χ3n) is 6.57. The zero-order chi connectivity index (χ0) is 30.3. The second-order valence-corrected chi connectivity index (χ2v) is 10.2. The van der Waals surface area contributed by atoms with Gasteiger partial charge in [-0.2, -0.15) is 0 Å². The Hall–Kier alpha value is -5.08. The number of amides is 4. The van der Waals surface area contributed by atoms with Crippen molar-refractivity contribution >= 4 is 41.2 Å². The van der Waals surface area contributed by atoms with E-state index in [4.69, 9.17) is 25.8 Å². The van der Waals surface area contributed by atoms with E-state index in [0.29, 0.717) is 47.7 Å². The third-order valence-corrected chi connectivity index (χ3v) is 6.82. The standard InChI is InChI=1S/C34H29ClN2O6/c1-3-41-31-19-24(9-16-30(31)43-21-25-6-4-5-22(2)17-25)18-29-32(38)36-34(40)37(33(29)39)27-12-14-28(15-13-27)42-20-23-7-10-26(35)11-8-23/h4-19H,3,20-21H2,1-2H3,(H,36,38,40)/b29-18+. The van der Waals surface area contributed by atoms with E-state index in [1.165, 1.54) is 6.08 Å². The van der Waals surface area contributed by atoms with Crippen LogP contribution in [0, 0.1) is 6.92 Å². The normalized spacial score (nSPS) is 14.1. The number of rotatable bonds is 10. The van der Waals surface area contributed by atoms with Gasteiger partial charge in [0.2, 0.25) is 0 Å². The molecule has 1 N–H and O–H groups in total. The van der Waals surface area contributed by atoms with Gasteiger partial charge < -0.3 is 14.2 Å². The van der Waals surface area contributed by atoms with Crippen LogP contribution in [0.25, 0.3) is 6.08 Å². The van der Waals surface area contributed by atoms with Gasteiger partial charge in [0, 0.05) is 5.02 Å². The van der Waals surface area contributed by atoms with E-state index in [1.807, 2.05) is 50.2 Å². The molecule has 1 fully saturated rings. The fraction of sp³-hybridized carbons (Fsp3) is 0.147. The zero-order valence-corrected chi connectivity index (χ0v) is 24.4. The molecule has 4 aromatic carbocycles. The van der Waals surface area contributed by atoms with Crippen LogP contribution in [0.3, 0.4) is 0 Å². The molecule has 0 radical (unpaired) electrons. The van der Waals surface area contributed by atoms with Crippen molar-refractivity contribution in [1.29, 1.82) is 0 Å². The highest BCUT2D eigenvalue weighted by molar-refractivity contribution is 6.39. The van der Waals surface area contributed by atoms with E-state index in [0.717, 1.165) is 21.6 Å². The van der Waals surface area contributed by atoms with Gasteiger partial charge in [0.25, 0.3) is 11.8 Å². The van der Waals surface area contributed by atoms with Crippen LogP contribution in [0.1, 0.15) is 29.2 Å². The number of hydrogen-bond donors (Lipinski definition) is 1. The van der Waals surface area contributed by atoms with Gasteiger partial charge in [-0.15, -0.1) is 0 Å². The Kier molecular flexibility index (Phi) is 9.08. The van der Waals surface area contributed by atoms with E-state index in [-0.39, 0.29) is 11.3 Å². The molecule has 0 spiro atoms. The maximum atomic E-state index is 13.4. The van der Waals surface area contributed by atoms with Crippen LogP contribution in [-0.4, -0.2) is 24.5 Å². The minimum atomic E-state index is -0.836. The Morgan fingerprint density at radius 1 is 0.791 bits per heavy atom. The predicted molar refractivity (Wildman–Crippen MR) is 164 cm³/mol. The summed E-state index contributed by atoms with van der Waals surface area (Å²) in [6, 6.07) is 26.1. The number of hydrogen-bond acceptors (Lipinski definition) is 6. The average molecular weight is 597 g/mol. The summed E-state index contributed by atoms with van der Waals surface area (Å²) in [7, 11) is 0. The topological polar surface area (TPSA) is 94.2 Å². The zero-order valence-electron chi connectivity index (χ0n) is 23.6. The van der Waals surface area contributed by atoms with Crippen molar-refractivity contribution in [2.45, 2.75) is 27.1 Å². The predicted octanol–water partition coefficient (Wildman–Crippen LogP) is 6.87. The van der Waals surface area contributed by atoms with Crippen LogP contribution >= 0.6 is 11.6 Å². The first-order chi connectivity index (χ1) is 20.8. The molecule has 218 valence electrons. The molecule has 43 heavy (non-hydrogen) atoms. The van der Waals surface area contributed by atoms with Gasteiger partial charge in [-0.05, 0) is 85.1 Å². The lowest BCUT2D eigenvalue weighted by atomic mass is 10.1. The molecule has 5 rings (SSSR count). The first-order valence-electron chi connectivity index (χ1n) is 13.6. The molecule has 0 unspecified atom stereocenters. The number of imide groups is 2. The molecule has 0 bridgehead atoms. The molecule has 0 saturated carbocycles. The monoisotopic (exact) mass is 596 g/mol. The van der Waals surface area contributed by atoms with E-state index in [2.05, 4.69) is 5.32 Å². The van der Waals surface area contributed by atoms with Gasteiger partial charge in [0.1, 0.15) is 24.5 Å². The van der Waals surface area contributed by atoms with Gasteiger partial charge in [-0.25, -0.2) is 9.69 Å². The molecule has 0 aromatic heterocycles.